The molecule has 4 heteroatoms. The van der Waals surface area contributed by atoms with Crippen molar-refractivity contribution in [3.05, 3.63) is 65.4 Å². The second kappa shape index (κ2) is 7.75. The molecule has 3 rings (SSSR count). The summed E-state index contributed by atoms with van der Waals surface area (Å²) in [6, 6.07) is 15.5. The number of methoxy groups -OCH3 is 2. The summed E-state index contributed by atoms with van der Waals surface area (Å²) < 4.78 is 13.1. The van der Waals surface area contributed by atoms with Gasteiger partial charge in [-0.25, -0.2) is 0 Å². The van der Waals surface area contributed by atoms with Crippen LogP contribution in [0.5, 0.6) is 5.75 Å². The van der Waals surface area contributed by atoms with Gasteiger partial charge in [0.1, 0.15) is 5.75 Å². The second-order valence-electron chi connectivity index (χ2n) is 6.43. The Morgan fingerprint density at radius 2 is 1.85 bits per heavy atom. The fraction of sp³-hybridized carbons (Fsp3) is 0.318. The van der Waals surface area contributed by atoms with Crippen LogP contribution in [0, 0.1) is 6.92 Å². The quantitative estimate of drug-likeness (QED) is 0.575. The molecule has 1 aromatic heterocycles. The van der Waals surface area contributed by atoms with Crippen molar-refractivity contribution >= 4 is 16.7 Å². The third-order valence-electron chi connectivity index (χ3n) is 4.91. The van der Waals surface area contributed by atoms with Gasteiger partial charge in [-0.05, 0) is 31.5 Å². The number of hydrogen-bond acceptors (Lipinski definition) is 3. The largest absolute Gasteiger partial charge is 0.497 e. The van der Waals surface area contributed by atoms with Gasteiger partial charge < -0.3 is 14.0 Å². The molecule has 1 heterocycles. The molecule has 0 spiro atoms. The number of ether oxygens (including phenoxy) is 2. The lowest BCUT2D eigenvalue weighted by Crippen LogP contribution is -2.15. The summed E-state index contributed by atoms with van der Waals surface area (Å²) in [7, 11) is 3.35. The van der Waals surface area contributed by atoms with Crippen LogP contribution in [-0.4, -0.2) is 31.2 Å². The highest BCUT2D eigenvalue weighted by Crippen LogP contribution is 2.34. The summed E-state index contributed by atoms with van der Waals surface area (Å²) in [6.07, 6.45) is 0.920. The van der Waals surface area contributed by atoms with Gasteiger partial charge in [-0.2, -0.15) is 0 Å². The lowest BCUT2D eigenvalue weighted by molar-refractivity contribution is 0.103. The van der Waals surface area contributed by atoms with Gasteiger partial charge in [-0.1, -0.05) is 37.3 Å². The molecule has 3 aromatic rings. The summed E-state index contributed by atoms with van der Waals surface area (Å²) in [4.78, 5) is 13.3. The number of nitrogens with zero attached hydrogens (tertiary/aromatic N) is 1. The number of ketones is 1. The molecule has 0 radical (unpaired) electrons. The fourth-order valence-corrected chi connectivity index (χ4v) is 3.61. The SMILES string of the molecule is CCC(COC)n1c(C)c(C(=O)c2ccccc2)c2cc(OC)ccc21. The minimum absolute atomic E-state index is 0.0346. The Kier molecular flexibility index (Phi) is 5.43. The number of benzene rings is 2. The standard InChI is InChI=1S/C22H25NO3/c1-5-17(14-25-3)23-15(2)21(22(24)16-9-7-6-8-10-16)19-13-18(26-4)11-12-20(19)23/h6-13,17H,5,14H2,1-4H3. The van der Waals surface area contributed by atoms with Crippen molar-refractivity contribution in [1.29, 1.82) is 0 Å². The maximum absolute atomic E-state index is 13.3. The fourth-order valence-electron chi connectivity index (χ4n) is 3.61. The van der Waals surface area contributed by atoms with Crippen molar-refractivity contribution in [1.82, 2.24) is 4.57 Å². The maximum atomic E-state index is 13.3. The molecular weight excluding hydrogens is 326 g/mol. The summed E-state index contributed by atoms with van der Waals surface area (Å²) in [5.41, 5.74) is 3.43. The summed E-state index contributed by atoms with van der Waals surface area (Å²) in [5.74, 6) is 0.781. The van der Waals surface area contributed by atoms with E-state index in [0.29, 0.717) is 12.2 Å². The molecule has 0 aliphatic heterocycles. The topological polar surface area (TPSA) is 40.5 Å². The van der Waals surface area contributed by atoms with Gasteiger partial charge in [-0.15, -0.1) is 0 Å². The Labute approximate surface area is 154 Å². The van der Waals surface area contributed by atoms with E-state index in [1.807, 2.05) is 55.5 Å². The lowest BCUT2D eigenvalue weighted by Gasteiger charge is -2.20. The van der Waals surface area contributed by atoms with Crippen LogP contribution in [0.4, 0.5) is 0 Å². The van der Waals surface area contributed by atoms with Crippen LogP contribution in [0.2, 0.25) is 0 Å². The highest BCUT2D eigenvalue weighted by molar-refractivity contribution is 6.17. The molecule has 0 aliphatic carbocycles. The molecule has 0 saturated carbocycles. The molecule has 0 N–H and O–H groups in total. The Balaban J connectivity index is 2.27. The Hall–Kier alpha value is -2.59. The smallest absolute Gasteiger partial charge is 0.195 e. The zero-order valence-electron chi connectivity index (χ0n) is 15.8. The molecule has 0 bridgehead atoms. The first-order valence-corrected chi connectivity index (χ1v) is 8.89. The van der Waals surface area contributed by atoms with E-state index in [1.54, 1.807) is 14.2 Å². The monoisotopic (exact) mass is 351 g/mol. The van der Waals surface area contributed by atoms with Crippen LogP contribution in [0.25, 0.3) is 10.9 Å². The Morgan fingerprint density at radius 1 is 1.12 bits per heavy atom. The highest BCUT2D eigenvalue weighted by Gasteiger charge is 2.24. The molecule has 0 fully saturated rings. The van der Waals surface area contributed by atoms with Gasteiger partial charge in [-0.3, -0.25) is 4.79 Å². The molecule has 26 heavy (non-hydrogen) atoms. The first-order chi connectivity index (χ1) is 12.6. The van der Waals surface area contributed by atoms with E-state index >= 15 is 0 Å². The molecule has 0 amide bonds. The third-order valence-corrected chi connectivity index (χ3v) is 4.91. The van der Waals surface area contributed by atoms with Crippen molar-refractivity contribution < 1.29 is 14.3 Å². The number of fused-ring (bicyclic) bond motifs is 1. The van der Waals surface area contributed by atoms with Crippen LogP contribution in [0.3, 0.4) is 0 Å². The van der Waals surface area contributed by atoms with Gasteiger partial charge >= 0.3 is 0 Å². The molecule has 0 saturated heterocycles. The van der Waals surface area contributed by atoms with Crippen LogP contribution >= 0.6 is 0 Å². The molecule has 0 aliphatic rings. The Bertz CT molecular complexity index is 912. The molecule has 136 valence electrons. The van der Waals surface area contributed by atoms with E-state index in [0.717, 1.165) is 34.3 Å². The summed E-state index contributed by atoms with van der Waals surface area (Å²) in [6.45, 7) is 4.75. The zero-order valence-corrected chi connectivity index (χ0v) is 15.8. The number of hydrogen-bond donors (Lipinski definition) is 0. The van der Waals surface area contributed by atoms with E-state index in [4.69, 9.17) is 9.47 Å². The van der Waals surface area contributed by atoms with Crippen LogP contribution in [0.15, 0.2) is 48.5 Å². The van der Waals surface area contributed by atoms with E-state index in [2.05, 4.69) is 11.5 Å². The van der Waals surface area contributed by atoms with Crippen LogP contribution in [-0.2, 0) is 4.74 Å². The van der Waals surface area contributed by atoms with Crippen molar-refractivity contribution in [2.45, 2.75) is 26.3 Å². The number of rotatable bonds is 7. The van der Waals surface area contributed by atoms with Crippen molar-refractivity contribution in [3.8, 4) is 5.75 Å². The number of carbonyl (C=O) groups is 1. The maximum Gasteiger partial charge on any atom is 0.195 e. The van der Waals surface area contributed by atoms with E-state index in [-0.39, 0.29) is 11.8 Å². The molecular formula is C22H25NO3. The van der Waals surface area contributed by atoms with Crippen molar-refractivity contribution in [2.24, 2.45) is 0 Å². The van der Waals surface area contributed by atoms with Crippen molar-refractivity contribution in [3.63, 3.8) is 0 Å². The predicted octanol–water partition coefficient (Wildman–Crippen LogP) is 4.79. The highest BCUT2D eigenvalue weighted by atomic mass is 16.5. The average molecular weight is 351 g/mol. The number of aromatic nitrogens is 1. The first-order valence-electron chi connectivity index (χ1n) is 8.89. The number of carbonyl (C=O) groups excluding carboxylic acids is 1. The molecule has 1 atom stereocenters. The average Bonchev–Trinajstić information content (AvgIpc) is 2.97. The van der Waals surface area contributed by atoms with Gasteiger partial charge in [0.05, 0.1) is 25.3 Å². The van der Waals surface area contributed by atoms with Crippen LogP contribution < -0.4 is 4.74 Å². The van der Waals surface area contributed by atoms with Gasteiger partial charge in [0, 0.05) is 29.3 Å². The van der Waals surface area contributed by atoms with E-state index < -0.39 is 0 Å². The first kappa shape index (κ1) is 18.2. The van der Waals surface area contributed by atoms with Crippen molar-refractivity contribution in [2.75, 3.05) is 20.8 Å². The van der Waals surface area contributed by atoms with E-state index in [9.17, 15) is 4.79 Å². The Morgan fingerprint density at radius 3 is 2.46 bits per heavy atom. The second-order valence-corrected chi connectivity index (χ2v) is 6.43. The van der Waals surface area contributed by atoms with Gasteiger partial charge in [0.15, 0.2) is 5.78 Å². The van der Waals surface area contributed by atoms with Crippen LogP contribution in [0.1, 0.15) is 41.0 Å². The normalized spacial score (nSPS) is 12.3. The van der Waals surface area contributed by atoms with Gasteiger partial charge in [0.25, 0.3) is 0 Å². The molecule has 2 aromatic carbocycles. The third kappa shape index (κ3) is 3.13. The van der Waals surface area contributed by atoms with E-state index in [1.165, 1.54) is 0 Å². The predicted molar refractivity (Wildman–Crippen MR) is 104 cm³/mol. The van der Waals surface area contributed by atoms with Gasteiger partial charge in [0.2, 0.25) is 0 Å². The minimum atomic E-state index is 0.0346. The minimum Gasteiger partial charge on any atom is -0.497 e. The summed E-state index contributed by atoms with van der Waals surface area (Å²) >= 11 is 0. The lowest BCUT2D eigenvalue weighted by atomic mass is 10.0. The zero-order chi connectivity index (χ0) is 18.7. The summed E-state index contributed by atoms with van der Waals surface area (Å²) in [5, 5.41) is 0.922. The molecule has 1 unspecified atom stereocenters. The molecule has 4 nitrogen and oxygen atoms in total.